The summed E-state index contributed by atoms with van der Waals surface area (Å²) in [5, 5.41) is 9.80. The molecule has 1 unspecified atom stereocenters. The number of carboxylic acids is 1. The number of rotatable bonds is 5. The predicted octanol–water partition coefficient (Wildman–Crippen LogP) is 2.48. The van der Waals surface area contributed by atoms with Gasteiger partial charge in [0.05, 0.1) is 6.61 Å². The quantitative estimate of drug-likeness (QED) is 0.904. The van der Waals surface area contributed by atoms with E-state index in [0.29, 0.717) is 5.56 Å². The summed E-state index contributed by atoms with van der Waals surface area (Å²) in [6.07, 6.45) is -0.726. The maximum atomic E-state index is 12.3. The Morgan fingerprint density at radius 3 is 2.14 bits per heavy atom. The smallest absolute Gasteiger partial charge is 0.411 e. The van der Waals surface area contributed by atoms with Gasteiger partial charge in [0.1, 0.15) is 5.60 Å². The van der Waals surface area contributed by atoms with Gasteiger partial charge in [0.2, 0.25) is 0 Å². The molecular weight excluding hydrogens is 286 g/mol. The van der Waals surface area contributed by atoms with Crippen LogP contribution >= 0.6 is 0 Å². The third-order valence-electron chi connectivity index (χ3n) is 3.20. The predicted molar refractivity (Wildman–Crippen MR) is 81.6 cm³/mol. The number of ether oxygens (including phenoxy) is 2. The van der Waals surface area contributed by atoms with Crippen molar-refractivity contribution in [1.29, 1.82) is 0 Å². The molecule has 22 heavy (non-hydrogen) atoms. The lowest BCUT2D eigenvalue weighted by Gasteiger charge is -2.38. The van der Waals surface area contributed by atoms with Crippen LogP contribution in [0.15, 0.2) is 30.3 Å². The summed E-state index contributed by atoms with van der Waals surface area (Å²) >= 11 is 0. The maximum absolute atomic E-state index is 12.3. The highest BCUT2D eigenvalue weighted by Gasteiger charge is 2.48. The molecule has 6 heteroatoms. The lowest BCUT2D eigenvalue weighted by molar-refractivity contribution is -0.155. The number of nitrogens with zero attached hydrogens (tertiary/aromatic N) is 1. The van der Waals surface area contributed by atoms with E-state index in [4.69, 9.17) is 9.47 Å². The molecule has 0 aliphatic rings. The first-order valence-corrected chi connectivity index (χ1v) is 6.90. The Morgan fingerprint density at radius 2 is 1.73 bits per heavy atom. The Morgan fingerprint density at radius 1 is 1.18 bits per heavy atom. The molecule has 0 aliphatic heterocycles. The molecule has 0 fully saturated rings. The molecule has 1 aromatic rings. The molecule has 0 saturated heterocycles. The molecule has 1 rings (SSSR count). The van der Waals surface area contributed by atoms with Crippen LogP contribution < -0.4 is 0 Å². The molecule has 122 valence electrons. The summed E-state index contributed by atoms with van der Waals surface area (Å²) in [6.45, 7) is 4.97. The van der Waals surface area contributed by atoms with E-state index in [2.05, 4.69) is 0 Å². The molecule has 6 nitrogen and oxygen atoms in total. The normalized spacial score (nSPS) is 14.0. The van der Waals surface area contributed by atoms with E-state index in [1.807, 2.05) is 0 Å². The van der Waals surface area contributed by atoms with Crippen molar-refractivity contribution in [2.45, 2.75) is 31.9 Å². The van der Waals surface area contributed by atoms with Gasteiger partial charge in [-0.2, -0.15) is 0 Å². The van der Waals surface area contributed by atoms with Crippen LogP contribution in [-0.4, -0.2) is 48.4 Å². The van der Waals surface area contributed by atoms with Crippen molar-refractivity contribution in [3.8, 4) is 0 Å². The summed E-state index contributed by atoms with van der Waals surface area (Å²) < 4.78 is 10.4. The minimum absolute atomic E-state index is 0.192. The Hall–Kier alpha value is -2.08. The Labute approximate surface area is 130 Å². The Kier molecular flexibility index (Phi) is 5.54. The van der Waals surface area contributed by atoms with Gasteiger partial charge in [-0.15, -0.1) is 0 Å². The van der Waals surface area contributed by atoms with E-state index in [-0.39, 0.29) is 6.61 Å². The van der Waals surface area contributed by atoms with E-state index in [1.54, 1.807) is 51.1 Å². The molecule has 0 aliphatic carbocycles. The average molecular weight is 309 g/mol. The molecule has 0 bridgehead atoms. The zero-order valence-corrected chi connectivity index (χ0v) is 13.6. The van der Waals surface area contributed by atoms with Crippen LogP contribution in [0.25, 0.3) is 0 Å². The second kappa shape index (κ2) is 6.79. The largest absolute Gasteiger partial charge is 0.479 e. The second-order valence-corrected chi connectivity index (χ2v) is 6.00. The maximum Gasteiger partial charge on any atom is 0.411 e. The fourth-order valence-corrected chi connectivity index (χ4v) is 2.11. The van der Waals surface area contributed by atoms with Crippen LogP contribution in [0.2, 0.25) is 0 Å². The number of likely N-dealkylation sites (N-methyl/N-ethyl adjacent to an activating group) is 1. The van der Waals surface area contributed by atoms with Gasteiger partial charge in [-0.25, -0.2) is 9.59 Å². The van der Waals surface area contributed by atoms with Crippen LogP contribution in [0.5, 0.6) is 0 Å². The number of benzene rings is 1. The summed E-state index contributed by atoms with van der Waals surface area (Å²) in [7, 11) is 2.79. The molecule has 0 spiro atoms. The van der Waals surface area contributed by atoms with Gasteiger partial charge in [0.15, 0.2) is 5.54 Å². The van der Waals surface area contributed by atoms with Gasteiger partial charge >= 0.3 is 12.1 Å². The van der Waals surface area contributed by atoms with Crippen molar-refractivity contribution in [2.75, 3.05) is 20.8 Å². The molecule has 1 amide bonds. The van der Waals surface area contributed by atoms with Gasteiger partial charge in [0.25, 0.3) is 0 Å². The van der Waals surface area contributed by atoms with E-state index < -0.39 is 23.2 Å². The monoisotopic (exact) mass is 309 g/mol. The number of carboxylic acid groups (broad SMARTS) is 1. The van der Waals surface area contributed by atoms with Crippen LogP contribution in [-0.2, 0) is 19.8 Å². The first kappa shape index (κ1) is 18.0. The molecule has 0 aromatic heterocycles. The molecular formula is C16H23NO5. The number of carbonyl (C=O) groups is 2. The number of hydrogen-bond acceptors (Lipinski definition) is 4. The van der Waals surface area contributed by atoms with Crippen molar-refractivity contribution in [3.63, 3.8) is 0 Å². The first-order chi connectivity index (χ1) is 10.1. The van der Waals surface area contributed by atoms with Gasteiger partial charge in [-0.05, 0) is 26.3 Å². The summed E-state index contributed by atoms with van der Waals surface area (Å²) in [4.78, 5) is 25.4. The summed E-state index contributed by atoms with van der Waals surface area (Å²) in [5.41, 5.74) is -1.93. The fraction of sp³-hybridized carbons (Fsp3) is 0.500. The summed E-state index contributed by atoms with van der Waals surface area (Å²) in [6, 6.07) is 8.50. The minimum Gasteiger partial charge on any atom is -0.479 e. The third-order valence-corrected chi connectivity index (χ3v) is 3.20. The van der Waals surface area contributed by atoms with Crippen LogP contribution in [0, 0.1) is 0 Å². The van der Waals surface area contributed by atoms with Crippen molar-refractivity contribution >= 4 is 12.1 Å². The Bertz CT molecular complexity index is 523. The van der Waals surface area contributed by atoms with Crippen molar-refractivity contribution < 1.29 is 24.2 Å². The van der Waals surface area contributed by atoms with Gasteiger partial charge in [-0.3, -0.25) is 4.90 Å². The van der Waals surface area contributed by atoms with Crippen molar-refractivity contribution in [1.82, 2.24) is 4.90 Å². The molecule has 1 aromatic carbocycles. The standard InChI is InChI=1S/C16H23NO5/c1-15(2,3)22-14(20)17(4)16(11-21-5,13(18)19)12-9-7-6-8-10-12/h6-10H,11H2,1-5H3,(H,18,19). The van der Waals surface area contributed by atoms with E-state index in [9.17, 15) is 14.7 Å². The lowest BCUT2D eigenvalue weighted by Crippen LogP contribution is -2.56. The van der Waals surface area contributed by atoms with Gasteiger partial charge < -0.3 is 14.6 Å². The Balaban J connectivity index is 3.31. The van der Waals surface area contributed by atoms with Crippen LogP contribution in [0.4, 0.5) is 4.79 Å². The number of methoxy groups -OCH3 is 1. The van der Waals surface area contributed by atoms with E-state index in [0.717, 1.165) is 4.90 Å². The lowest BCUT2D eigenvalue weighted by atomic mass is 9.89. The number of hydrogen-bond donors (Lipinski definition) is 1. The SMILES string of the molecule is COCC(C(=O)O)(c1ccccc1)N(C)C(=O)OC(C)(C)C. The number of carbonyl (C=O) groups excluding carboxylic acids is 1. The number of amides is 1. The van der Waals surface area contributed by atoms with E-state index in [1.165, 1.54) is 14.2 Å². The topological polar surface area (TPSA) is 76.1 Å². The second-order valence-electron chi connectivity index (χ2n) is 6.00. The highest BCUT2D eigenvalue weighted by Crippen LogP contribution is 2.30. The highest BCUT2D eigenvalue weighted by atomic mass is 16.6. The number of aliphatic carboxylic acids is 1. The fourth-order valence-electron chi connectivity index (χ4n) is 2.11. The first-order valence-electron chi connectivity index (χ1n) is 6.90. The molecule has 0 heterocycles. The third kappa shape index (κ3) is 3.76. The molecule has 1 atom stereocenters. The molecule has 1 N–H and O–H groups in total. The van der Waals surface area contributed by atoms with Gasteiger partial charge in [0, 0.05) is 14.2 Å². The van der Waals surface area contributed by atoms with Crippen LogP contribution in [0.3, 0.4) is 0 Å². The van der Waals surface area contributed by atoms with Crippen LogP contribution in [0.1, 0.15) is 26.3 Å². The van der Waals surface area contributed by atoms with E-state index >= 15 is 0 Å². The van der Waals surface area contributed by atoms with Gasteiger partial charge in [-0.1, -0.05) is 30.3 Å². The molecule has 0 radical (unpaired) electrons. The zero-order valence-electron chi connectivity index (χ0n) is 13.6. The molecule has 0 saturated carbocycles. The van der Waals surface area contributed by atoms with Crippen molar-refractivity contribution in [2.24, 2.45) is 0 Å². The average Bonchev–Trinajstić information content (AvgIpc) is 2.42. The zero-order chi connectivity index (χ0) is 17.0. The van der Waals surface area contributed by atoms with Crippen molar-refractivity contribution in [3.05, 3.63) is 35.9 Å². The minimum atomic E-state index is -1.65. The highest BCUT2D eigenvalue weighted by molar-refractivity contribution is 5.86. The summed E-state index contributed by atoms with van der Waals surface area (Å²) in [5.74, 6) is -1.19.